The van der Waals surface area contributed by atoms with E-state index in [9.17, 15) is 17.5 Å². The van der Waals surface area contributed by atoms with E-state index < -0.39 is 31.0 Å². The molecule has 0 aromatic heterocycles. The highest BCUT2D eigenvalue weighted by Gasteiger charge is 2.53. The third-order valence-electron chi connectivity index (χ3n) is 4.57. The smallest absolute Gasteiger partial charge is 0.343 e. The molecule has 0 bridgehead atoms. The molecule has 0 aromatic rings. The quantitative estimate of drug-likeness (QED) is 0.0864. The first-order chi connectivity index (χ1) is 14.8. The summed E-state index contributed by atoms with van der Waals surface area (Å²) in [6.07, 6.45) is 10.9. The van der Waals surface area contributed by atoms with Crippen molar-refractivity contribution in [1.29, 1.82) is 0 Å². The summed E-state index contributed by atoms with van der Waals surface area (Å²) in [4.78, 5) is 0. The molecule has 10 heteroatoms. The SMILES string of the molecule is CCCCCCCCCCCCS(=O)(=O)C#CC(OCC)(P=O)P(=O)(OCC)OCC. The molecule has 0 saturated heterocycles. The fraction of sp³-hybridized carbons (Fsp3) is 0.905. The predicted octanol–water partition coefficient (Wildman–Crippen LogP) is 6.53. The molecule has 0 rings (SSSR count). The summed E-state index contributed by atoms with van der Waals surface area (Å²) in [7, 11) is -8.63. The number of hydrogen-bond acceptors (Lipinski definition) is 7. The van der Waals surface area contributed by atoms with Crippen molar-refractivity contribution in [3.05, 3.63) is 0 Å². The van der Waals surface area contributed by atoms with Crippen molar-refractivity contribution in [3.8, 4) is 11.2 Å². The van der Waals surface area contributed by atoms with Crippen LogP contribution < -0.4 is 0 Å². The van der Waals surface area contributed by atoms with E-state index in [0.29, 0.717) is 6.42 Å². The van der Waals surface area contributed by atoms with Crippen LogP contribution in [0.1, 0.15) is 91.9 Å². The van der Waals surface area contributed by atoms with Gasteiger partial charge in [-0.25, -0.2) is 8.42 Å². The van der Waals surface area contributed by atoms with Crippen LogP contribution in [0.15, 0.2) is 0 Å². The minimum Gasteiger partial charge on any atom is -0.343 e. The van der Waals surface area contributed by atoms with E-state index in [1.54, 1.807) is 20.8 Å². The van der Waals surface area contributed by atoms with Gasteiger partial charge in [0.25, 0.3) is 0 Å². The monoisotopic (exact) mass is 498 g/mol. The van der Waals surface area contributed by atoms with Crippen LogP contribution in [0, 0.1) is 11.2 Å². The van der Waals surface area contributed by atoms with Gasteiger partial charge in [0.1, 0.15) is 0 Å². The number of hydrogen-bond donors (Lipinski definition) is 0. The first kappa shape index (κ1) is 30.7. The number of unbranched alkanes of at least 4 members (excludes halogenated alkanes) is 9. The maximum atomic E-state index is 13.1. The minimum absolute atomic E-state index is 0.00650. The fourth-order valence-electron chi connectivity index (χ4n) is 3.01. The van der Waals surface area contributed by atoms with E-state index in [2.05, 4.69) is 18.1 Å². The molecule has 0 aliphatic rings. The molecule has 0 amide bonds. The molecule has 0 aliphatic carbocycles. The largest absolute Gasteiger partial charge is 0.387 e. The van der Waals surface area contributed by atoms with Crippen LogP contribution in [-0.2, 0) is 32.8 Å². The Labute approximate surface area is 191 Å². The highest BCUT2D eigenvalue weighted by atomic mass is 32.2. The maximum absolute atomic E-state index is 13.1. The van der Waals surface area contributed by atoms with Gasteiger partial charge in [0, 0.05) is 11.9 Å². The molecule has 0 aromatic carbocycles. The minimum atomic E-state index is -4.10. The van der Waals surface area contributed by atoms with Gasteiger partial charge >= 0.3 is 12.7 Å². The van der Waals surface area contributed by atoms with Crippen molar-refractivity contribution in [2.24, 2.45) is 0 Å². The zero-order valence-electron chi connectivity index (χ0n) is 19.6. The van der Waals surface area contributed by atoms with Crippen LogP contribution in [0.3, 0.4) is 0 Å². The molecule has 0 saturated carbocycles. The van der Waals surface area contributed by atoms with E-state index >= 15 is 0 Å². The molecule has 0 radical (unpaired) electrons. The van der Waals surface area contributed by atoms with E-state index in [1.807, 2.05) is 0 Å². The lowest BCUT2D eigenvalue weighted by atomic mass is 10.1. The lowest BCUT2D eigenvalue weighted by Gasteiger charge is -2.28. The molecule has 1 atom stereocenters. The van der Waals surface area contributed by atoms with Crippen LogP contribution in [0.4, 0.5) is 0 Å². The Bertz CT molecular complexity index is 690. The van der Waals surface area contributed by atoms with Crippen LogP contribution in [-0.4, -0.2) is 39.1 Å². The van der Waals surface area contributed by atoms with Crippen molar-refractivity contribution in [1.82, 2.24) is 0 Å². The highest BCUT2D eigenvalue weighted by molar-refractivity contribution is 7.96. The molecule has 0 fully saturated rings. The lowest BCUT2D eigenvalue weighted by molar-refractivity contribution is 0.0854. The molecular weight excluding hydrogens is 458 g/mol. The van der Waals surface area contributed by atoms with Gasteiger partial charge in [-0.3, -0.25) is 9.13 Å². The van der Waals surface area contributed by atoms with E-state index in [4.69, 9.17) is 13.8 Å². The molecule has 1 unspecified atom stereocenters. The fourth-order valence-corrected chi connectivity index (χ4v) is 6.76. The summed E-state index contributed by atoms with van der Waals surface area (Å²) in [5.74, 6) is 2.21. The van der Waals surface area contributed by atoms with Crippen molar-refractivity contribution in [3.63, 3.8) is 0 Å². The van der Waals surface area contributed by atoms with E-state index in [0.717, 1.165) is 19.3 Å². The summed E-state index contributed by atoms with van der Waals surface area (Å²) < 4.78 is 65.6. The Hall–Kier alpha value is -0.280. The molecular formula is C21H40O7P2S. The normalized spacial score (nSPS) is 14.2. The van der Waals surface area contributed by atoms with Crippen LogP contribution in [0.2, 0.25) is 0 Å². The van der Waals surface area contributed by atoms with Gasteiger partial charge in [-0.15, -0.1) is 0 Å². The average Bonchev–Trinajstić information content (AvgIpc) is 2.72. The molecule has 0 heterocycles. The second-order valence-electron chi connectivity index (χ2n) is 7.19. The molecule has 7 nitrogen and oxygen atoms in total. The summed E-state index contributed by atoms with van der Waals surface area (Å²) in [5.41, 5.74) is 0. The van der Waals surface area contributed by atoms with Crippen molar-refractivity contribution in [2.45, 2.75) is 97.0 Å². The van der Waals surface area contributed by atoms with Crippen LogP contribution in [0.5, 0.6) is 0 Å². The topological polar surface area (TPSA) is 96.0 Å². The zero-order chi connectivity index (χ0) is 23.6. The predicted molar refractivity (Wildman–Crippen MR) is 126 cm³/mol. The molecule has 0 N–H and O–H groups in total. The summed E-state index contributed by atoms with van der Waals surface area (Å²) in [6, 6.07) is 0. The Balaban J connectivity index is 4.88. The highest BCUT2D eigenvalue weighted by Crippen LogP contribution is 2.65. The maximum Gasteiger partial charge on any atom is 0.387 e. The van der Waals surface area contributed by atoms with Crippen LogP contribution >= 0.6 is 16.1 Å². The molecule has 0 aliphatic heterocycles. The van der Waals surface area contributed by atoms with Crippen molar-refractivity contribution < 1.29 is 31.3 Å². The third-order valence-corrected chi connectivity index (χ3v) is 9.46. The zero-order valence-corrected chi connectivity index (χ0v) is 22.2. The lowest BCUT2D eigenvalue weighted by Crippen LogP contribution is -2.27. The van der Waals surface area contributed by atoms with Crippen LogP contribution in [0.25, 0.3) is 0 Å². The summed E-state index contributed by atoms with van der Waals surface area (Å²) >= 11 is 0. The van der Waals surface area contributed by atoms with E-state index in [1.165, 1.54) is 38.5 Å². The number of sulfone groups is 1. The van der Waals surface area contributed by atoms with E-state index in [-0.39, 0.29) is 25.6 Å². The van der Waals surface area contributed by atoms with Crippen molar-refractivity contribution >= 4 is 25.9 Å². The Morgan fingerprint density at radius 2 is 1.29 bits per heavy atom. The second kappa shape index (κ2) is 17.2. The molecule has 31 heavy (non-hydrogen) atoms. The Kier molecular flexibility index (Phi) is 17.1. The first-order valence-corrected chi connectivity index (χ1v) is 15.4. The average molecular weight is 499 g/mol. The molecule has 182 valence electrons. The van der Waals surface area contributed by atoms with Gasteiger partial charge < -0.3 is 13.8 Å². The summed E-state index contributed by atoms with van der Waals surface area (Å²) in [5, 5.41) is -0.0211. The summed E-state index contributed by atoms with van der Waals surface area (Å²) in [6.45, 7) is 7.02. The second-order valence-corrected chi connectivity index (χ2v) is 12.3. The van der Waals surface area contributed by atoms with Gasteiger partial charge in [0.05, 0.1) is 19.0 Å². The third kappa shape index (κ3) is 11.9. The van der Waals surface area contributed by atoms with Crippen molar-refractivity contribution in [2.75, 3.05) is 25.6 Å². The standard InChI is InChI=1S/C21H40O7P2S/c1-5-9-10-11-12-13-14-15-16-17-19-31(24,25)20-18-21(29-22,26-6-2)30(23,27-7-3)28-8-4/h5-17,19H2,1-4H3. The number of rotatable bonds is 19. The van der Waals surface area contributed by atoms with Gasteiger partial charge in [0.15, 0.2) is 0 Å². The first-order valence-electron chi connectivity index (χ1n) is 11.4. The van der Waals surface area contributed by atoms with Gasteiger partial charge in [-0.05, 0) is 33.1 Å². The Morgan fingerprint density at radius 3 is 1.71 bits per heavy atom. The number of ether oxygens (including phenoxy) is 1. The van der Waals surface area contributed by atoms with Gasteiger partial charge in [0.2, 0.25) is 18.3 Å². The van der Waals surface area contributed by atoms with Gasteiger partial charge in [-0.2, -0.15) is 0 Å². The Morgan fingerprint density at radius 1 is 0.806 bits per heavy atom. The molecule has 0 spiro atoms. The van der Waals surface area contributed by atoms with Gasteiger partial charge in [-0.1, -0.05) is 64.7 Å².